The zero-order valence-corrected chi connectivity index (χ0v) is 9.97. The number of carbonyl (C=O) groups is 2. The molecular weight excluding hydrogens is 220 g/mol. The van der Waals surface area contributed by atoms with Gasteiger partial charge in [-0.2, -0.15) is 0 Å². The van der Waals surface area contributed by atoms with Crippen LogP contribution in [-0.4, -0.2) is 23.5 Å². The number of benzene rings is 1. The first-order valence-electron chi connectivity index (χ1n) is 5.49. The molecule has 1 aromatic carbocycles. The second-order valence-electron chi connectivity index (χ2n) is 3.79. The Morgan fingerprint density at radius 2 is 1.88 bits per heavy atom. The van der Waals surface area contributed by atoms with Crippen LogP contribution in [0.3, 0.4) is 0 Å². The topological polar surface area (TPSA) is 63.6 Å². The largest absolute Gasteiger partial charge is 0.508 e. The number of carbonyl (C=O) groups excluding carboxylic acids is 2. The Kier molecular flexibility index (Phi) is 4.69. The maximum atomic E-state index is 11.6. The lowest BCUT2D eigenvalue weighted by molar-refractivity contribution is -0.151. The van der Waals surface area contributed by atoms with Crippen LogP contribution in [0.1, 0.15) is 19.4 Å². The van der Waals surface area contributed by atoms with Crippen molar-refractivity contribution in [1.29, 1.82) is 0 Å². The third kappa shape index (κ3) is 3.90. The van der Waals surface area contributed by atoms with Crippen molar-refractivity contribution in [3.8, 4) is 5.75 Å². The predicted molar refractivity (Wildman–Crippen MR) is 62.6 cm³/mol. The third-order valence-electron chi connectivity index (χ3n) is 2.44. The lowest BCUT2D eigenvalue weighted by Gasteiger charge is -2.12. The van der Waals surface area contributed by atoms with E-state index in [1.807, 2.05) is 0 Å². The molecule has 0 saturated carbocycles. The summed E-state index contributed by atoms with van der Waals surface area (Å²) in [7, 11) is 0. The molecule has 4 heteroatoms. The number of phenolic OH excluding ortho intramolecular Hbond substituents is 1. The number of ether oxygens (including phenoxy) is 1. The minimum Gasteiger partial charge on any atom is -0.508 e. The van der Waals surface area contributed by atoms with Crippen LogP contribution in [0.4, 0.5) is 0 Å². The van der Waals surface area contributed by atoms with E-state index in [0.717, 1.165) is 5.56 Å². The van der Waals surface area contributed by atoms with Gasteiger partial charge in [0.25, 0.3) is 0 Å². The van der Waals surface area contributed by atoms with Gasteiger partial charge in [-0.1, -0.05) is 12.1 Å². The third-order valence-corrected chi connectivity index (χ3v) is 2.44. The normalized spacial score (nSPS) is 11.9. The van der Waals surface area contributed by atoms with Gasteiger partial charge in [0.2, 0.25) is 0 Å². The highest BCUT2D eigenvalue weighted by Gasteiger charge is 2.24. The zero-order valence-electron chi connectivity index (χ0n) is 9.97. The summed E-state index contributed by atoms with van der Waals surface area (Å²) >= 11 is 0. The number of aromatic hydroxyl groups is 1. The van der Waals surface area contributed by atoms with E-state index >= 15 is 0 Å². The monoisotopic (exact) mass is 236 g/mol. The maximum Gasteiger partial charge on any atom is 0.316 e. The van der Waals surface area contributed by atoms with Crippen molar-refractivity contribution in [2.45, 2.75) is 20.3 Å². The van der Waals surface area contributed by atoms with Gasteiger partial charge in [0.1, 0.15) is 17.5 Å². The van der Waals surface area contributed by atoms with Crippen LogP contribution in [0.5, 0.6) is 5.75 Å². The van der Waals surface area contributed by atoms with E-state index in [1.54, 1.807) is 19.1 Å². The molecule has 0 heterocycles. The van der Waals surface area contributed by atoms with Crippen LogP contribution in [0, 0.1) is 5.92 Å². The van der Waals surface area contributed by atoms with Crippen LogP contribution in [0.25, 0.3) is 0 Å². The Bertz CT molecular complexity index is 394. The van der Waals surface area contributed by atoms with Gasteiger partial charge >= 0.3 is 5.97 Å². The minimum atomic E-state index is -0.764. The fourth-order valence-electron chi connectivity index (χ4n) is 1.50. The molecule has 0 amide bonds. The molecule has 0 aromatic heterocycles. The van der Waals surface area contributed by atoms with Gasteiger partial charge in [0.15, 0.2) is 0 Å². The van der Waals surface area contributed by atoms with Crippen molar-refractivity contribution in [2.24, 2.45) is 5.92 Å². The molecule has 0 spiro atoms. The molecule has 1 N–H and O–H groups in total. The zero-order chi connectivity index (χ0) is 12.8. The van der Waals surface area contributed by atoms with Gasteiger partial charge < -0.3 is 9.84 Å². The van der Waals surface area contributed by atoms with E-state index in [1.165, 1.54) is 19.1 Å². The summed E-state index contributed by atoms with van der Waals surface area (Å²) in [6.07, 6.45) is 0.300. The number of ketones is 1. The lowest BCUT2D eigenvalue weighted by atomic mass is 9.96. The Labute approximate surface area is 100 Å². The lowest BCUT2D eigenvalue weighted by Crippen LogP contribution is -2.26. The molecule has 0 radical (unpaired) electrons. The van der Waals surface area contributed by atoms with Crippen LogP contribution in [0.2, 0.25) is 0 Å². The smallest absolute Gasteiger partial charge is 0.316 e. The van der Waals surface area contributed by atoms with Gasteiger partial charge in [-0.3, -0.25) is 9.59 Å². The Morgan fingerprint density at radius 3 is 2.35 bits per heavy atom. The first-order chi connectivity index (χ1) is 8.04. The van der Waals surface area contributed by atoms with Crippen LogP contribution >= 0.6 is 0 Å². The van der Waals surface area contributed by atoms with Gasteiger partial charge in [-0.25, -0.2) is 0 Å². The molecule has 1 unspecified atom stereocenters. The van der Waals surface area contributed by atoms with Crippen molar-refractivity contribution in [3.63, 3.8) is 0 Å². The highest BCUT2D eigenvalue weighted by atomic mass is 16.5. The van der Waals surface area contributed by atoms with Crippen molar-refractivity contribution in [1.82, 2.24) is 0 Å². The molecular formula is C13H16O4. The minimum absolute atomic E-state index is 0.157. The van der Waals surface area contributed by atoms with Crippen LogP contribution in [0.15, 0.2) is 24.3 Å². The molecule has 4 nitrogen and oxygen atoms in total. The number of hydrogen-bond donors (Lipinski definition) is 1. The van der Waals surface area contributed by atoms with E-state index in [4.69, 9.17) is 9.84 Å². The van der Waals surface area contributed by atoms with Gasteiger partial charge in [0, 0.05) is 0 Å². The standard InChI is InChI=1S/C13H16O4/c1-3-17-13(16)12(9(2)14)8-10-4-6-11(15)7-5-10/h4-7,12,15H,3,8H2,1-2H3. The summed E-state index contributed by atoms with van der Waals surface area (Å²) in [4.78, 5) is 22.9. The molecule has 0 aliphatic carbocycles. The van der Waals surface area contributed by atoms with Gasteiger partial charge in [0.05, 0.1) is 6.61 Å². The number of Topliss-reactive ketones (excluding diaryl/α,β-unsaturated/α-hetero) is 1. The first kappa shape index (κ1) is 13.2. The summed E-state index contributed by atoms with van der Waals surface area (Å²) < 4.78 is 4.85. The molecule has 0 aliphatic rings. The molecule has 0 saturated heterocycles. The van der Waals surface area contributed by atoms with Crippen LogP contribution in [-0.2, 0) is 20.7 Å². The van der Waals surface area contributed by atoms with Crippen molar-refractivity contribution in [3.05, 3.63) is 29.8 Å². The molecule has 17 heavy (non-hydrogen) atoms. The number of hydrogen-bond acceptors (Lipinski definition) is 4. The van der Waals surface area contributed by atoms with Gasteiger partial charge in [-0.05, 0) is 38.0 Å². The molecule has 92 valence electrons. The molecule has 1 aromatic rings. The van der Waals surface area contributed by atoms with Gasteiger partial charge in [-0.15, -0.1) is 0 Å². The van der Waals surface area contributed by atoms with E-state index in [9.17, 15) is 9.59 Å². The Hall–Kier alpha value is -1.84. The van der Waals surface area contributed by atoms with Crippen molar-refractivity contribution in [2.75, 3.05) is 6.61 Å². The summed E-state index contributed by atoms with van der Waals surface area (Å²) in [5.41, 5.74) is 0.816. The average Bonchev–Trinajstić information content (AvgIpc) is 2.28. The highest BCUT2D eigenvalue weighted by molar-refractivity contribution is 5.97. The summed E-state index contributed by atoms with van der Waals surface area (Å²) in [5.74, 6) is -1.31. The number of rotatable bonds is 5. The van der Waals surface area contributed by atoms with Crippen molar-refractivity contribution >= 4 is 11.8 Å². The van der Waals surface area contributed by atoms with E-state index in [2.05, 4.69) is 0 Å². The molecule has 1 rings (SSSR count). The van der Waals surface area contributed by atoms with Crippen molar-refractivity contribution < 1.29 is 19.4 Å². The Balaban J connectivity index is 2.76. The highest BCUT2D eigenvalue weighted by Crippen LogP contribution is 2.15. The fourth-order valence-corrected chi connectivity index (χ4v) is 1.50. The molecule has 0 fully saturated rings. The fraction of sp³-hybridized carbons (Fsp3) is 0.385. The first-order valence-corrected chi connectivity index (χ1v) is 5.49. The summed E-state index contributed by atoms with van der Waals surface area (Å²) in [6, 6.07) is 6.42. The summed E-state index contributed by atoms with van der Waals surface area (Å²) in [6.45, 7) is 3.34. The van der Waals surface area contributed by atoms with E-state index < -0.39 is 11.9 Å². The second-order valence-corrected chi connectivity index (χ2v) is 3.79. The average molecular weight is 236 g/mol. The quantitative estimate of drug-likeness (QED) is 0.624. The number of esters is 1. The number of phenols is 1. The summed E-state index contributed by atoms with van der Waals surface area (Å²) in [5, 5.41) is 9.13. The molecule has 1 atom stereocenters. The Morgan fingerprint density at radius 1 is 1.29 bits per heavy atom. The van der Waals surface area contributed by atoms with Crippen LogP contribution < -0.4 is 0 Å². The molecule has 0 aliphatic heterocycles. The maximum absolute atomic E-state index is 11.6. The predicted octanol–water partition coefficient (Wildman–Crippen LogP) is 1.70. The second kappa shape index (κ2) is 6.03. The van der Waals surface area contributed by atoms with E-state index in [-0.39, 0.29) is 18.1 Å². The molecule has 0 bridgehead atoms. The SMILES string of the molecule is CCOC(=O)C(Cc1ccc(O)cc1)C(C)=O. The van der Waals surface area contributed by atoms with E-state index in [0.29, 0.717) is 6.42 Å².